The lowest BCUT2D eigenvalue weighted by Crippen LogP contribution is -2.35. The summed E-state index contributed by atoms with van der Waals surface area (Å²) < 4.78 is 60.7. The van der Waals surface area contributed by atoms with E-state index < -0.39 is 34.2 Å². The van der Waals surface area contributed by atoms with Crippen molar-refractivity contribution >= 4 is 10.4 Å². The van der Waals surface area contributed by atoms with Gasteiger partial charge in [-0.2, -0.15) is 13.5 Å². The van der Waals surface area contributed by atoms with Crippen molar-refractivity contribution < 1.29 is 25.6 Å². The van der Waals surface area contributed by atoms with Crippen molar-refractivity contribution in [3.05, 3.63) is 48.1 Å². The average molecular weight is 317 g/mol. The van der Waals surface area contributed by atoms with Crippen LogP contribution >= 0.6 is 0 Å². The highest BCUT2D eigenvalue weighted by Gasteiger charge is 2.48. The van der Waals surface area contributed by atoms with Crippen molar-refractivity contribution in [1.82, 2.24) is 14.8 Å². The Balaban J connectivity index is 2.08. The molecule has 1 aromatic carbocycles. The third-order valence-corrected chi connectivity index (χ3v) is 3.93. The summed E-state index contributed by atoms with van der Waals surface area (Å²) in [6.07, 6.45) is 2.55. The van der Waals surface area contributed by atoms with Crippen LogP contribution < -0.4 is 0 Å². The van der Waals surface area contributed by atoms with Gasteiger partial charge in [-0.1, -0.05) is 6.07 Å². The van der Waals surface area contributed by atoms with E-state index in [9.17, 15) is 17.2 Å². The number of rotatable bonds is 3. The quantitative estimate of drug-likeness (QED) is 0.830. The van der Waals surface area contributed by atoms with Gasteiger partial charge in [-0.25, -0.2) is 26.8 Å². The molecule has 21 heavy (non-hydrogen) atoms. The Kier molecular flexibility index (Phi) is 3.23. The van der Waals surface area contributed by atoms with Gasteiger partial charge in [0.2, 0.25) is 0 Å². The summed E-state index contributed by atoms with van der Waals surface area (Å²) in [5.74, 6) is -1.72. The highest BCUT2D eigenvalue weighted by atomic mass is 32.3. The molecule has 0 amide bonds. The van der Waals surface area contributed by atoms with Crippen LogP contribution in [0.15, 0.2) is 30.9 Å². The molecule has 3 rings (SSSR count). The average Bonchev–Trinajstić information content (AvgIpc) is 2.98. The van der Waals surface area contributed by atoms with Gasteiger partial charge in [-0.3, -0.25) is 0 Å². The number of aromatic nitrogens is 3. The van der Waals surface area contributed by atoms with Gasteiger partial charge in [0, 0.05) is 11.6 Å². The number of nitrogens with zero attached hydrogens (tertiary/aromatic N) is 3. The fraction of sp³-hybridized carbons (Fsp3) is 0.273. The topological polar surface area (TPSA) is 83.3 Å². The summed E-state index contributed by atoms with van der Waals surface area (Å²) in [6, 6.07) is 2.77. The summed E-state index contributed by atoms with van der Waals surface area (Å²) in [5.41, 5.74) is -1.80. The van der Waals surface area contributed by atoms with Crippen molar-refractivity contribution in [2.45, 2.75) is 12.1 Å². The summed E-state index contributed by atoms with van der Waals surface area (Å²) in [5, 5.41) is 3.82. The Bertz CT molecular complexity index is 766. The van der Waals surface area contributed by atoms with Gasteiger partial charge in [-0.15, -0.1) is 0 Å². The lowest BCUT2D eigenvalue weighted by Gasteiger charge is -2.25. The molecule has 10 heteroatoms. The highest BCUT2D eigenvalue weighted by Crippen LogP contribution is 2.37. The largest absolute Gasteiger partial charge is 0.400 e. The first-order chi connectivity index (χ1) is 9.90. The molecule has 2 heterocycles. The molecule has 1 aliphatic rings. The van der Waals surface area contributed by atoms with Crippen molar-refractivity contribution in [3.63, 3.8) is 0 Å². The minimum Gasteiger partial charge on any atom is -0.250 e. The molecule has 112 valence electrons. The van der Waals surface area contributed by atoms with Crippen molar-refractivity contribution in [2.75, 3.05) is 6.61 Å². The Morgan fingerprint density at radius 2 is 2.19 bits per heavy atom. The van der Waals surface area contributed by atoms with E-state index in [1.54, 1.807) is 0 Å². The molecule has 1 aliphatic heterocycles. The van der Waals surface area contributed by atoms with Crippen LogP contribution in [0.5, 0.6) is 0 Å². The highest BCUT2D eigenvalue weighted by molar-refractivity contribution is 7.82. The summed E-state index contributed by atoms with van der Waals surface area (Å²) in [4.78, 5) is 3.71. The van der Waals surface area contributed by atoms with Gasteiger partial charge in [0.15, 0.2) is 5.60 Å². The van der Waals surface area contributed by atoms with E-state index in [0.717, 1.165) is 12.1 Å². The predicted octanol–water partition coefficient (Wildman–Crippen LogP) is 0.743. The molecular weight excluding hydrogens is 308 g/mol. The molecule has 7 nitrogen and oxygen atoms in total. The van der Waals surface area contributed by atoms with E-state index in [1.165, 1.54) is 17.3 Å². The lowest BCUT2D eigenvalue weighted by molar-refractivity contribution is 0.0637. The SMILES string of the molecule is O=S1(=O)OCC(Cn2cncn2)(c2ccc(F)cc2F)O1. The number of hydrogen-bond acceptors (Lipinski definition) is 6. The van der Waals surface area contributed by atoms with Crippen molar-refractivity contribution in [2.24, 2.45) is 0 Å². The molecule has 0 radical (unpaired) electrons. The normalized spacial score (nSPS) is 24.3. The van der Waals surface area contributed by atoms with Gasteiger partial charge < -0.3 is 0 Å². The molecule has 1 unspecified atom stereocenters. The lowest BCUT2D eigenvalue weighted by atomic mass is 9.94. The van der Waals surface area contributed by atoms with Crippen LogP contribution in [0.25, 0.3) is 0 Å². The molecule has 1 atom stereocenters. The summed E-state index contributed by atoms with van der Waals surface area (Å²) >= 11 is 0. The molecular formula is C11H9F2N3O4S. The number of hydrogen-bond donors (Lipinski definition) is 0. The van der Waals surface area contributed by atoms with Gasteiger partial charge in [0.1, 0.15) is 30.9 Å². The van der Waals surface area contributed by atoms with Crippen LogP contribution in [0.1, 0.15) is 5.56 Å². The third kappa shape index (κ3) is 2.64. The van der Waals surface area contributed by atoms with E-state index in [2.05, 4.69) is 14.3 Å². The van der Waals surface area contributed by atoms with Gasteiger partial charge in [0.05, 0.1) is 6.54 Å². The maximum atomic E-state index is 14.0. The van der Waals surface area contributed by atoms with Crippen molar-refractivity contribution in [1.29, 1.82) is 0 Å². The zero-order chi connectivity index (χ0) is 15.1. The molecule has 1 saturated heterocycles. The predicted molar refractivity (Wildman–Crippen MR) is 64.0 cm³/mol. The van der Waals surface area contributed by atoms with Gasteiger partial charge in [-0.05, 0) is 6.07 Å². The molecule has 0 N–H and O–H groups in total. The Labute approximate surface area is 118 Å². The molecule has 1 aromatic heterocycles. The fourth-order valence-corrected chi connectivity index (χ4v) is 3.09. The van der Waals surface area contributed by atoms with Crippen LogP contribution in [0, 0.1) is 11.6 Å². The zero-order valence-electron chi connectivity index (χ0n) is 10.4. The van der Waals surface area contributed by atoms with E-state index in [0.29, 0.717) is 6.07 Å². The second-order valence-corrected chi connectivity index (χ2v) is 5.68. The van der Waals surface area contributed by atoms with Crippen molar-refractivity contribution in [3.8, 4) is 0 Å². The maximum absolute atomic E-state index is 14.0. The first kappa shape index (κ1) is 14.0. The smallest absolute Gasteiger partial charge is 0.250 e. The summed E-state index contributed by atoms with van der Waals surface area (Å²) in [7, 11) is -4.25. The first-order valence-corrected chi connectivity index (χ1v) is 7.11. The Morgan fingerprint density at radius 3 is 2.76 bits per heavy atom. The second kappa shape index (κ2) is 4.83. The van der Waals surface area contributed by atoms with E-state index >= 15 is 0 Å². The zero-order valence-corrected chi connectivity index (χ0v) is 11.3. The van der Waals surface area contributed by atoms with Crippen LogP contribution in [0.4, 0.5) is 8.78 Å². The van der Waals surface area contributed by atoms with Gasteiger partial charge >= 0.3 is 10.4 Å². The minimum atomic E-state index is -4.25. The van der Waals surface area contributed by atoms with Crippen LogP contribution in [-0.4, -0.2) is 29.8 Å². The van der Waals surface area contributed by atoms with E-state index in [1.807, 2.05) is 0 Å². The Morgan fingerprint density at radius 1 is 1.38 bits per heavy atom. The van der Waals surface area contributed by atoms with Crippen LogP contribution in [0.3, 0.4) is 0 Å². The fourth-order valence-electron chi connectivity index (χ4n) is 2.13. The molecule has 0 aliphatic carbocycles. The van der Waals surface area contributed by atoms with Crippen LogP contribution in [-0.2, 0) is 30.9 Å². The second-order valence-electron chi connectivity index (χ2n) is 4.47. The van der Waals surface area contributed by atoms with Gasteiger partial charge in [0.25, 0.3) is 0 Å². The van der Waals surface area contributed by atoms with Crippen LogP contribution in [0.2, 0.25) is 0 Å². The molecule has 1 fully saturated rings. The number of benzene rings is 1. The molecule has 0 saturated carbocycles. The monoisotopic (exact) mass is 317 g/mol. The number of halogens is 2. The van der Waals surface area contributed by atoms with E-state index in [-0.39, 0.29) is 12.1 Å². The standard InChI is InChI=1S/C11H9F2N3O4S/c12-8-1-2-9(10(13)3-8)11(4-16-7-14-6-15-16)5-19-21(17,18)20-11/h1-3,6-7H,4-5H2. The molecule has 0 bridgehead atoms. The summed E-state index contributed by atoms with van der Waals surface area (Å²) in [6.45, 7) is -0.605. The Hall–Kier alpha value is -1.91. The minimum absolute atomic E-state index is 0.138. The first-order valence-electron chi connectivity index (χ1n) is 5.78. The van der Waals surface area contributed by atoms with E-state index in [4.69, 9.17) is 4.18 Å². The molecule has 0 spiro atoms. The molecule has 2 aromatic rings. The third-order valence-electron chi connectivity index (χ3n) is 3.00. The maximum Gasteiger partial charge on any atom is 0.400 e.